The molecule has 0 saturated carbocycles. The fraction of sp³-hybridized carbons (Fsp3) is 0.423. The maximum atomic E-state index is 14.1. The van der Waals surface area contributed by atoms with Gasteiger partial charge in [-0.2, -0.15) is 0 Å². The smallest absolute Gasteiger partial charge is 0.260 e. The van der Waals surface area contributed by atoms with Crippen molar-refractivity contribution < 1.29 is 23.5 Å². The maximum absolute atomic E-state index is 14.1. The molecule has 0 N–H and O–H groups in total. The lowest BCUT2D eigenvalue weighted by atomic mass is 9.87. The van der Waals surface area contributed by atoms with Gasteiger partial charge in [-0.05, 0) is 47.4 Å². The van der Waals surface area contributed by atoms with Crippen molar-refractivity contribution in [2.75, 3.05) is 39.3 Å². The molecule has 1 unspecified atom stereocenters. The van der Waals surface area contributed by atoms with Crippen molar-refractivity contribution >= 4 is 17.7 Å². The highest BCUT2D eigenvalue weighted by molar-refractivity contribution is 5.79. The molecule has 2 aliphatic rings. The highest BCUT2D eigenvalue weighted by Gasteiger charge is 2.32. The van der Waals surface area contributed by atoms with Gasteiger partial charge in [0, 0.05) is 46.1 Å². The summed E-state index contributed by atoms with van der Waals surface area (Å²) in [7, 11) is 0. The van der Waals surface area contributed by atoms with Crippen LogP contribution in [0.5, 0.6) is 5.75 Å². The molecule has 1 saturated heterocycles. The molecule has 180 valence electrons. The molecule has 0 bridgehead atoms. The zero-order chi connectivity index (χ0) is 24.2. The minimum atomic E-state index is -0.411. The average molecular weight is 468 g/mol. The predicted molar refractivity (Wildman–Crippen MR) is 125 cm³/mol. The number of halogens is 1. The largest absolute Gasteiger partial charge is 0.484 e. The average Bonchev–Trinajstić information content (AvgIpc) is 2.85. The number of fused-ring (bicyclic) bond motifs is 1. The fourth-order valence-corrected chi connectivity index (χ4v) is 4.70. The molecule has 1 atom stereocenters. The molecule has 0 aliphatic carbocycles. The molecule has 0 aromatic heterocycles. The Morgan fingerprint density at radius 1 is 0.971 bits per heavy atom. The lowest BCUT2D eigenvalue weighted by Crippen LogP contribution is -2.51. The van der Waals surface area contributed by atoms with E-state index in [1.54, 1.807) is 20.8 Å². The first-order chi connectivity index (χ1) is 16.4. The first kappa shape index (κ1) is 23.7. The van der Waals surface area contributed by atoms with Crippen LogP contribution < -0.4 is 4.74 Å². The summed E-state index contributed by atoms with van der Waals surface area (Å²) in [5.74, 6) is 0.0652. The van der Waals surface area contributed by atoms with E-state index < -0.39 is 6.04 Å². The molecule has 7 nitrogen and oxygen atoms in total. The van der Waals surface area contributed by atoms with Crippen molar-refractivity contribution in [3.63, 3.8) is 0 Å². The fourth-order valence-electron chi connectivity index (χ4n) is 4.70. The van der Waals surface area contributed by atoms with Crippen LogP contribution in [0.2, 0.25) is 0 Å². The van der Waals surface area contributed by atoms with E-state index in [0.717, 1.165) is 11.1 Å². The summed E-state index contributed by atoms with van der Waals surface area (Å²) in [5, 5.41) is 0. The standard InChI is InChI=1S/C26H30FN3O4/c1-3-24(32)30-10-9-19-7-8-22(16-23(19)26(30)20-5-4-6-21(27)15-20)34-17-25(33)29-13-11-28(12-14-29)18(2)31/h4-8,15-16,26H,3,9-14,17H2,1-2H3. The normalized spacial score (nSPS) is 17.9. The molecule has 8 heteroatoms. The first-order valence-electron chi connectivity index (χ1n) is 11.7. The van der Waals surface area contributed by atoms with Crippen molar-refractivity contribution in [3.05, 3.63) is 65.0 Å². The van der Waals surface area contributed by atoms with Gasteiger partial charge in [0.1, 0.15) is 11.6 Å². The van der Waals surface area contributed by atoms with Crippen LogP contribution in [0, 0.1) is 5.82 Å². The van der Waals surface area contributed by atoms with Crippen molar-refractivity contribution in [1.82, 2.24) is 14.7 Å². The quantitative estimate of drug-likeness (QED) is 0.678. The number of hydrogen-bond acceptors (Lipinski definition) is 4. The van der Waals surface area contributed by atoms with E-state index in [0.29, 0.717) is 56.9 Å². The van der Waals surface area contributed by atoms with Gasteiger partial charge in [-0.25, -0.2) is 4.39 Å². The predicted octanol–water partition coefficient (Wildman–Crippen LogP) is 2.78. The second kappa shape index (κ2) is 10.2. The number of hydrogen-bond donors (Lipinski definition) is 0. The maximum Gasteiger partial charge on any atom is 0.260 e. The Bertz CT molecular complexity index is 1080. The number of nitrogens with zero attached hydrogens (tertiary/aromatic N) is 3. The van der Waals surface area contributed by atoms with E-state index in [-0.39, 0.29) is 30.1 Å². The topological polar surface area (TPSA) is 70.2 Å². The van der Waals surface area contributed by atoms with Gasteiger partial charge in [0.15, 0.2) is 6.61 Å². The van der Waals surface area contributed by atoms with Gasteiger partial charge in [0.25, 0.3) is 5.91 Å². The zero-order valence-electron chi connectivity index (χ0n) is 19.6. The van der Waals surface area contributed by atoms with Gasteiger partial charge in [-0.15, -0.1) is 0 Å². The van der Waals surface area contributed by atoms with Gasteiger partial charge < -0.3 is 19.4 Å². The van der Waals surface area contributed by atoms with Gasteiger partial charge in [0.05, 0.1) is 6.04 Å². The monoisotopic (exact) mass is 467 g/mol. The van der Waals surface area contributed by atoms with Gasteiger partial charge in [-0.3, -0.25) is 14.4 Å². The summed E-state index contributed by atoms with van der Waals surface area (Å²) in [6.07, 6.45) is 1.06. The van der Waals surface area contributed by atoms with E-state index in [1.165, 1.54) is 19.1 Å². The summed E-state index contributed by atoms with van der Waals surface area (Å²) in [5.41, 5.74) is 2.67. The molecule has 0 spiro atoms. The van der Waals surface area contributed by atoms with Crippen LogP contribution in [0.15, 0.2) is 42.5 Å². The Hall–Kier alpha value is -3.42. The van der Waals surface area contributed by atoms with Crippen LogP contribution in [0.1, 0.15) is 43.0 Å². The number of rotatable bonds is 5. The van der Waals surface area contributed by atoms with E-state index in [9.17, 15) is 18.8 Å². The Kier molecular flexibility index (Phi) is 7.14. The van der Waals surface area contributed by atoms with Crippen LogP contribution in [0.3, 0.4) is 0 Å². The zero-order valence-corrected chi connectivity index (χ0v) is 19.6. The van der Waals surface area contributed by atoms with Gasteiger partial charge in [-0.1, -0.05) is 25.1 Å². The highest BCUT2D eigenvalue weighted by Crippen LogP contribution is 2.37. The third-order valence-corrected chi connectivity index (χ3v) is 6.57. The van der Waals surface area contributed by atoms with Crippen LogP contribution in [-0.2, 0) is 20.8 Å². The Balaban J connectivity index is 1.52. The number of amides is 3. The molecular weight excluding hydrogens is 437 g/mol. The van der Waals surface area contributed by atoms with Crippen molar-refractivity contribution in [2.45, 2.75) is 32.7 Å². The first-order valence-corrected chi connectivity index (χ1v) is 11.7. The summed E-state index contributed by atoms with van der Waals surface area (Å²) >= 11 is 0. The van der Waals surface area contributed by atoms with Gasteiger partial charge >= 0.3 is 0 Å². The van der Waals surface area contributed by atoms with Crippen LogP contribution >= 0.6 is 0 Å². The summed E-state index contributed by atoms with van der Waals surface area (Å²) in [6.45, 7) is 5.83. The molecule has 3 amide bonds. The Morgan fingerprint density at radius 2 is 1.71 bits per heavy atom. The van der Waals surface area contributed by atoms with E-state index in [1.807, 2.05) is 31.2 Å². The third-order valence-electron chi connectivity index (χ3n) is 6.57. The molecule has 1 fully saturated rings. The second-order valence-corrected chi connectivity index (χ2v) is 8.68. The van der Waals surface area contributed by atoms with Crippen molar-refractivity contribution in [3.8, 4) is 5.75 Å². The number of carbonyl (C=O) groups is 3. The highest BCUT2D eigenvalue weighted by atomic mass is 19.1. The Morgan fingerprint density at radius 3 is 2.38 bits per heavy atom. The number of carbonyl (C=O) groups excluding carboxylic acids is 3. The van der Waals surface area contributed by atoms with Crippen molar-refractivity contribution in [1.29, 1.82) is 0 Å². The minimum absolute atomic E-state index is 0.00566. The van der Waals surface area contributed by atoms with Crippen LogP contribution in [0.4, 0.5) is 4.39 Å². The second-order valence-electron chi connectivity index (χ2n) is 8.68. The summed E-state index contributed by atoms with van der Waals surface area (Å²) in [6, 6.07) is 11.6. The molecular formula is C26H30FN3O4. The number of benzene rings is 2. The molecule has 0 radical (unpaired) electrons. The molecule has 2 aliphatic heterocycles. The third kappa shape index (κ3) is 5.05. The minimum Gasteiger partial charge on any atom is -0.484 e. The molecule has 2 aromatic carbocycles. The number of ether oxygens (including phenoxy) is 1. The lowest BCUT2D eigenvalue weighted by molar-refractivity contribution is -0.139. The molecule has 2 heterocycles. The van der Waals surface area contributed by atoms with Crippen molar-refractivity contribution in [2.24, 2.45) is 0 Å². The lowest BCUT2D eigenvalue weighted by Gasteiger charge is -2.38. The molecule has 4 rings (SSSR count). The van der Waals surface area contributed by atoms with Crippen LogP contribution in [-0.4, -0.2) is 71.8 Å². The summed E-state index contributed by atoms with van der Waals surface area (Å²) < 4.78 is 19.9. The van der Waals surface area contributed by atoms with E-state index in [2.05, 4.69) is 0 Å². The van der Waals surface area contributed by atoms with E-state index >= 15 is 0 Å². The SMILES string of the molecule is CCC(=O)N1CCc2ccc(OCC(=O)N3CCN(C(C)=O)CC3)cc2C1c1cccc(F)c1. The number of piperazine rings is 1. The van der Waals surface area contributed by atoms with E-state index in [4.69, 9.17) is 4.74 Å². The molecule has 34 heavy (non-hydrogen) atoms. The molecule has 2 aromatic rings. The summed E-state index contributed by atoms with van der Waals surface area (Å²) in [4.78, 5) is 42.1. The van der Waals surface area contributed by atoms with Crippen LogP contribution in [0.25, 0.3) is 0 Å². The van der Waals surface area contributed by atoms with Gasteiger partial charge in [0.2, 0.25) is 11.8 Å². The Labute approximate surface area is 199 Å².